The van der Waals surface area contributed by atoms with Gasteiger partial charge in [0.15, 0.2) is 11.5 Å². The Bertz CT molecular complexity index is 1120. The molecule has 4 rings (SSSR count). The van der Waals surface area contributed by atoms with Gasteiger partial charge in [0.25, 0.3) is 11.8 Å². The van der Waals surface area contributed by atoms with Gasteiger partial charge in [0.2, 0.25) is 6.79 Å². The van der Waals surface area contributed by atoms with E-state index in [1.807, 2.05) is 0 Å². The van der Waals surface area contributed by atoms with Crippen molar-refractivity contribution in [2.24, 2.45) is 0 Å². The molecular weight excluding hydrogens is 400 g/mol. The van der Waals surface area contributed by atoms with Crippen LogP contribution in [0.3, 0.4) is 0 Å². The van der Waals surface area contributed by atoms with Crippen molar-refractivity contribution in [1.82, 2.24) is 0 Å². The third-order valence-electron chi connectivity index (χ3n) is 4.66. The summed E-state index contributed by atoms with van der Waals surface area (Å²) in [5, 5.41) is 5.59. The molecule has 2 N–H and O–H groups in total. The predicted molar refractivity (Wildman–Crippen MR) is 114 cm³/mol. The maximum absolute atomic E-state index is 12.9. The van der Waals surface area contributed by atoms with Crippen molar-refractivity contribution in [2.45, 2.75) is 0 Å². The number of carbonyl (C=O) groups excluding carboxylic acids is 2. The van der Waals surface area contributed by atoms with Gasteiger partial charge in [0.1, 0.15) is 11.5 Å². The number of carbonyl (C=O) groups is 2. The second kappa shape index (κ2) is 8.66. The van der Waals surface area contributed by atoms with Crippen LogP contribution < -0.4 is 29.6 Å². The summed E-state index contributed by atoms with van der Waals surface area (Å²) in [4.78, 5) is 25.7. The van der Waals surface area contributed by atoms with E-state index in [4.69, 9.17) is 18.9 Å². The van der Waals surface area contributed by atoms with Gasteiger partial charge in [0.05, 0.1) is 25.5 Å². The molecule has 0 spiro atoms. The van der Waals surface area contributed by atoms with Crippen LogP contribution in [0.5, 0.6) is 23.0 Å². The summed E-state index contributed by atoms with van der Waals surface area (Å²) in [5.74, 6) is 1.38. The van der Waals surface area contributed by atoms with Crippen LogP contribution in [0, 0.1) is 0 Å². The van der Waals surface area contributed by atoms with E-state index in [0.29, 0.717) is 45.5 Å². The quantitative estimate of drug-likeness (QED) is 0.627. The van der Waals surface area contributed by atoms with Crippen LogP contribution in [0.2, 0.25) is 0 Å². The van der Waals surface area contributed by atoms with Gasteiger partial charge in [-0.3, -0.25) is 9.59 Å². The fourth-order valence-corrected chi connectivity index (χ4v) is 3.10. The summed E-state index contributed by atoms with van der Waals surface area (Å²) in [6, 6.07) is 16.7. The summed E-state index contributed by atoms with van der Waals surface area (Å²) in [6.45, 7) is 0.149. The molecule has 1 heterocycles. The van der Waals surface area contributed by atoms with Crippen LogP contribution in [0.25, 0.3) is 0 Å². The van der Waals surface area contributed by atoms with Crippen molar-refractivity contribution in [3.8, 4) is 23.0 Å². The molecule has 158 valence electrons. The fraction of sp³-hybridized carbons (Fsp3) is 0.130. The third-order valence-corrected chi connectivity index (χ3v) is 4.66. The number of para-hydroxylation sites is 1. The number of ether oxygens (including phenoxy) is 4. The molecule has 8 nitrogen and oxygen atoms in total. The second-order valence-electron chi connectivity index (χ2n) is 6.62. The van der Waals surface area contributed by atoms with Crippen molar-refractivity contribution in [2.75, 3.05) is 31.6 Å². The monoisotopic (exact) mass is 420 g/mol. The SMILES string of the molecule is COc1cc(OC)cc(C(=O)Nc2ccccc2C(=O)Nc2ccc3c(c2)OCO3)c1. The highest BCUT2D eigenvalue weighted by atomic mass is 16.7. The molecule has 0 saturated carbocycles. The average molecular weight is 420 g/mol. The van der Waals surface area contributed by atoms with Gasteiger partial charge in [-0.15, -0.1) is 0 Å². The van der Waals surface area contributed by atoms with E-state index in [1.165, 1.54) is 14.2 Å². The lowest BCUT2D eigenvalue weighted by atomic mass is 10.1. The molecule has 0 unspecified atom stereocenters. The van der Waals surface area contributed by atoms with Gasteiger partial charge in [-0.2, -0.15) is 0 Å². The first-order chi connectivity index (χ1) is 15.1. The van der Waals surface area contributed by atoms with Gasteiger partial charge in [-0.1, -0.05) is 12.1 Å². The number of amides is 2. The zero-order valence-electron chi connectivity index (χ0n) is 16.9. The minimum atomic E-state index is -0.402. The Morgan fingerprint density at radius 2 is 1.52 bits per heavy atom. The number of rotatable bonds is 6. The molecule has 3 aromatic carbocycles. The summed E-state index contributed by atoms with van der Waals surface area (Å²) >= 11 is 0. The molecule has 2 amide bonds. The Morgan fingerprint density at radius 3 is 2.26 bits per heavy atom. The van der Waals surface area contributed by atoms with E-state index in [1.54, 1.807) is 60.7 Å². The Balaban J connectivity index is 1.54. The van der Waals surface area contributed by atoms with Crippen LogP contribution in [0.15, 0.2) is 60.7 Å². The minimum absolute atomic E-state index is 0.149. The number of hydrogen-bond acceptors (Lipinski definition) is 6. The Kier molecular flexibility index (Phi) is 5.61. The van der Waals surface area contributed by atoms with Crippen molar-refractivity contribution in [3.63, 3.8) is 0 Å². The zero-order chi connectivity index (χ0) is 21.8. The van der Waals surface area contributed by atoms with E-state index in [-0.39, 0.29) is 12.7 Å². The molecule has 0 fully saturated rings. The van der Waals surface area contributed by atoms with E-state index >= 15 is 0 Å². The van der Waals surface area contributed by atoms with Gasteiger partial charge in [-0.05, 0) is 36.4 Å². The highest BCUT2D eigenvalue weighted by Crippen LogP contribution is 2.34. The van der Waals surface area contributed by atoms with E-state index < -0.39 is 5.91 Å². The van der Waals surface area contributed by atoms with Gasteiger partial charge in [0, 0.05) is 23.4 Å². The van der Waals surface area contributed by atoms with Crippen molar-refractivity contribution in [1.29, 1.82) is 0 Å². The van der Waals surface area contributed by atoms with Crippen LogP contribution >= 0.6 is 0 Å². The average Bonchev–Trinajstić information content (AvgIpc) is 3.26. The van der Waals surface area contributed by atoms with Crippen molar-refractivity contribution >= 4 is 23.2 Å². The second-order valence-corrected chi connectivity index (χ2v) is 6.62. The molecule has 0 saturated heterocycles. The number of fused-ring (bicyclic) bond motifs is 1. The summed E-state index contributed by atoms with van der Waals surface area (Å²) < 4.78 is 21.0. The Hall–Kier alpha value is -4.20. The first-order valence-electron chi connectivity index (χ1n) is 9.42. The minimum Gasteiger partial charge on any atom is -0.497 e. The summed E-state index contributed by atoms with van der Waals surface area (Å²) in [7, 11) is 3.01. The number of methoxy groups -OCH3 is 2. The first-order valence-corrected chi connectivity index (χ1v) is 9.42. The van der Waals surface area contributed by atoms with Gasteiger partial charge < -0.3 is 29.6 Å². The largest absolute Gasteiger partial charge is 0.497 e. The van der Waals surface area contributed by atoms with E-state index in [9.17, 15) is 9.59 Å². The molecule has 1 aliphatic heterocycles. The topological polar surface area (TPSA) is 95.1 Å². The maximum Gasteiger partial charge on any atom is 0.257 e. The van der Waals surface area contributed by atoms with Crippen molar-refractivity contribution in [3.05, 3.63) is 71.8 Å². The molecule has 0 radical (unpaired) electrons. The number of nitrogens with one attached hydrogen (secondary N) is 2. The zero-order valence-corrected chi connectivity index (χ0v) is 16.9. The normalized spacial score (nSPS) is 11.5. The number of anilines is 2. The Morgan fingerprint density at radius 1 is 0.806 bits per heavy atom. The van der Waals surface area contributed by atoms with Crippen LogP contribution in [0.1, 0.15) is 20.7 Å². The molecule has 3 aromatic rings. The highest BCUT2D eigenvalue weighted by Gasteiger charge is 2.18. The lowest BCUT2D eigenvalue weighted by Crippen LogP contribution is -2.18. The van der Waals surface area contributed by atoms with E-state index in [2.05, 4.69) is 10.6 Å². The van der Waals surface area contributed by atoms with Crippen LogP contribution in [0.4, 0.5) is 11.4 Å². The third kappa shape index (κ3) is 4.37. The lowest BCUT2D eigenvalue weighted by molar-refractivity contribution is 0.102. The number of benzene rings is 3. The highest BCUT2D eigenvalue weighted by molar-refractivity contribution is 6.12. The molecule has 8 heteroatoms. The fourth-order valence-electron chi connectivity index (χ4n) is 3.10. The van der Waals surface area contributed by atoms with E-state index in [0.717, 1.165) is 0 Å². The standard InChI is InChI=1S/C23H20N2O6/c1-28-16-9-14(10-17(12-16)29-2)22(26)25-19-6-4-3-5-18(19)23(27)24-15-7-8-20-21(11-15)31-13-30-20/h3-12H,13H2,1-2H3,(H,24,27)(H,25,26). The summed E-state index contributed by atoms with van der Waals surface area (Å²) in [6.07, 6.45) is 0. The first kappa shape index (κ1) is 20.1. The predicted octanol–water partition coefficient (Wildman–Crippen LogP) is 3.94. The van der Waals surface area contributed by atoms with Gasteiger partial charge >= 0.3 is 0 Å². The smallest absolute Gasteiger partial charge is 0.257 e. The molecule has 31 heavy (non-hydrogen) atoms. The van der Waals surface area contributed by atoms with Crippen LogP contribution in [-0.4, -0.2) is 32.8 Å². The molecule has 0 atom stereocenters. The molecule has 0 bridgehead atoms. The molecule has 0 aromatic heterocycles. The van der Waals surface area contributed by atoms with Crippen LogP contribution in [-0.2, 0) is 0 Å². The molecule has 1 aliphatic rings. The van der Waals surface area contributed by atoms with Crippen molar-refractivity contribution < 1.29 is 28.5 Å². The Labute approximate surface area is 178 Å². The lowest BCUT2D eigenvalue weighted by Gasteiger charge is -2.13. The molecule has 0 aliphatic carbocycles. The molecular formula is C23H20N2O6. The maximum atomic E-state index is 12.9. The number of hydrogen-bond donors (Lipinski definition) is 2. The van der Waals surface area contributed by atoms with Gasteiger partial charge in [-0.25, -0.2) is 0 Å². The summed E-state index contributed by atoms with van der Waals surface area (Å²) in [5.41, 5.74) is 1.56.